The van der Waals surface area contributed by atoms with E-state index in [-0.39, 0.29) is 17.0 Å². The summed E-state index contributed by atoms with van der Waals surface area (Å²) in [5, 5.41) is 9.62. The lowest BCUT2D eigenvalue weighted by molar-refractivity contribution is 0.122. The predicted molar refractivity (Wildman–Crippen MR) is 128 cm³/mol. The number of carboxylic acid groups (broad SMARTS) is 1. The van der Waals surface area contributed by atoms with Gasteiger partial charge in [0.2, 0.25) is 5.95 Å². The van der Waals surface area contributed by atoms with Crippen molar-refractivity contribution >= 4 is 26.0 Å². The largest absolute Gasteiger partial charge is 0.465 e. The van der Waals surface area contributed by atoms with Gasteiger partial charge in [-0.25, -0.2) is 35.0 Å². The van der Waals surface area contributed by atoms with E-state index >= 15 is 4.39 Å². The molecule has 3 aromatic rings. The van der Waals surface area contributed by atoms with E-state index in [1.807, 2.05) is 0 Å². The van der Waals surface area contributed by atoms with Crippen molar-refractivity contribution in [2.24, 2.45) is 5.41 Å². The number of carbonyl (C=O) groups is 1. The Morgan fingerprint density at radius 3 is 2.28 bits per heavy atom. The molecule has 1 N–H and O–H groups in total. The molecule has 0 radical (unpaired) electrons. The Morgan fingerprint density at radius 1 is 1.08 bits per heavy atom. The van der Waals surface area contributed by atoms with E-state index in [0.717, 1.165) is 41.7 Å². The van der Waals surface area contributed by atoms with E-state index in [2.05, 4.69) is 4.98 Å². The first-order chi connectivity index (χ1) is 16.5. The molecule has 2 heterocycles. The molecule has 3 rings (SSSR count). The Labute approximate surface area is 208 Å². The van der Waals surface area contributed by atoms with Crippen LogP contribution >= 0.6 is 0 Å². The molecule has 0 unspecified atom stereocenters. The Morgan fingerprint density at radius 2 is 1.72 bits per heavy atom. The van der Waals surface area contributed by atoms with Crippen LogP contribution in [0.3, 0.4) is 0 Å². The van der Waals surface area contributed by atoms with Gasteiger partial charge in [-0.1, -0.05) is 26.8 Å². The summed E-state index contributed by atoms with van der Waals surface area (Å²) in [7, 11) is -8.43. The fourth-order valence-electron chi connectivity index (χ4n) is 3.56. The number of rotatable bonds is 7. The van der Waals surface area contributed by atoms with Crippen molar-refractivity contribution in [1.29, 1.82) is 0 Å². The number of nitrogens with zero attached hydrogens (tertiary/aromatic N) is 3. The van der Waals surface area contributed by atoms with Gasteiger partial charge in [-0.2, -0.15) is 4.39 Å². The fraction of sp³-hybridized carbons (Fsp3) is 0.304. The molecule has 0 bridgehead atoms. The van der Waals surface area contributed by atoms with Gasteiger partial charge in [-0.15, -0.1) is 0 Å². The first-order valence-electron chi connectivity index (χ1n) is 10.6. The zero-order valence-corrected chi connectivity index (χ0v) is 21.6. The lowest BCUT2D eigenvalue weighted by Gasteiger charge is -2.27. The molecule has 194 valence electrons. The molecule has 0 aliphatic rings. The molecule has 0 aliphatic carbocycles. The first-order valence-corrected chi connectivity index (χ1v) is 13.9. The highest BCUT2D eigenvalue weighted by molar-refractivity contribution is 7.91. The minimum atomic E-state index is -4.66. The van der Waals surface area contributed by atoms with Crippen molar-refractivity contribution < 1.29 is 35.5 Å². The lowest BCUT2D eigenvalue weighted by Crippen LogP contribution is -2.36. The summed E-state index contributed by atoms with van der Waals surface area (Å²) < 4.78 is 81.9. The smallest absolute Gasteiger partial charge is 0.407 e. The number of halogens is 2. The minimum absolute atomic E-state index is 0.00664. The number of sulfone groups is 1. The highest BCUT2D eigenvalue weighted by Gasteiger charge is 2.31. The number of amides is 1. The summed E-state index contributed by atoms with van der Waals surface area (Å²) in [5.74, 6) is -2.29. The zero-order chi connectivity index (χ0) is 27.1. The quantitative estimate of drug-likeness (QED) is 0.448. The molecule has 9 nitrogen and oxygen atoms in total. The monoisotopic (exact) mass is 541 g/mol. The molecular weight excluding hydrogens is 516 g/mol. The maximum absolute atomic E-state index is 15.7. The second-order valence-corrected chi connectivity index (χ2v) is 13.2. The molecular formula is C23H25F2N3O6S2. The van der Waals surface area contributed by atoms with Gasteiger partial charge in [0.05, 0.1) is 21.9 Å². The molecule has 1 amide bonds. The van der Waals surface area contributed by atoms with Crippen LogP contribution in [0.25, 0.3) is 11.3 Å². The minimum Gasteiger partial charge on any atom is -0.465 e. The van der Waals surface area contributed by atoms with Crippen LogP contribution in [0, 0.1) is 17.2 Å². The van der Waals surface area contributed by atoms with Crippen molar-refractivity contribution in [3.05, 3.63) is 66.1 Å². The fourth-order valence-corrected chi connectivity index (χ4v) is 5.74. The van der Waals surface area contributed by atoms with Gasteiger partial charge < -0.3 is 10.0 Å². The lowest BCUT2D eigenvalue weighted by atomic mass is 9.96. The molecule has 13 heteroatoms. The summed E-state index contributed by atoms with van der Waals surface area (Å²) >= 11 is 0. The van der Waals surface area contributed by atoms with Crippen molar-refractivity contribution in [1.82, 2.24) is 13.9 Å². The third kappa shape index (κ3) is 5.73. The van der Waals surface area contributed by atoms with Crippen LogP contribution in [0.4, 0.5) is 13.6 Å². The number of hydrogen-bond acceptors (Lipinski definition) is 6. The third-order valence-electron chi connectivity index (χ3n) is 5.08. The Kier molecular flexibility index (Phi) is 7.29. The van der Waals surface area contributed by atoms with Crippen LogP contribution in [0.15, 0.2) is 58.6 Å². The van der Waals surface area contributed by atoms with Crippen LogP contribution < -0.4 is 0 Å². The Hall–Kier alpha value is -3.32. The topological polar surface area (TPSA) is 127 Å². The summed E-state index contributed by atoms with van der Waals surface area (Å²) in [6.45, 7) is 4.83. The van der Waals surface area contributed by atoms with Gasteiger partial charge >= 0.3 is 6.09 Å². The van der Waals surface area contributed by atoms with E-state index in [4.69, 9.17) is 0 Å². The maximum Gasteiger partial charge on any atom is 0.407 e. The molecule has 0 atom stereocenters. The van der Waals surface area contributed by atoms with Gasteiger partial charge in [0.25, 0.3) is 10.0 Å². The average molecular weight is 542 g/mol. The van der Waals surface area contributed by atoms with E-state index in [9.17, 15) is 31.1 Å². The molecule has 0 aliphatic heterocycles. The Bertz CT molecular complexity index is 1530. The van der Waals surface area contributed by atoms with Gasteiger partial charge in [-0.3, -0.25) is 0 Å². The molecule has 1 aromatic carbocycles. The van der Waals surface area contributed by atoms with E-state index < -0.39 is 65.8 Å². The Balaban J connectivity index is 2.26. The highest BCUT2D eigenvalue weighted by Crippen LogP contribution is 2.33. The van der Waals surface area contributed by atoms with Crippen molar-refractivity contribution in [2.75, 3.05) is 12.8 Å². The molecule has 0 fully saturated rings. The van der Waals surface area contributed by atoms with E-state index in [1.165, 1.54) is 18.2 Å². The maximum atomic E-state index is 15.7. The normalized spacial score (nSPS) is 12.5. The predicted octanol–water partition coefficient (Wildman–Crippen LogP) is 3.99. The molecule has 0 saturated heterocycles. The highest BCUT2D eigenvalue weighted by atomic mass is 32.2. The summed E-state index contributed by atoms with van der Waals surface area (Å²) in [6, 6.07) is 6.87. The standard InChI is InChI=1S/C23H25F2N3O6S2/c1-23(2,3)14-27(22(29)30)12-15-13-28(20(19(15)24)18-9-6-10-26-21(18)25)36(33,34)17-8-5-7-16(11-17)35(4,31)32/h5-11,13H,12,14H2,1-4H3,(H,29,30). The molecule has 0 spiro atoms. The van der Waals surface area contributed by atoms with Crippen molar-refractivity contribution in [3.8, 4) is 11.3 Å². The SMILES string of the molecule is CC(C)(C)CN(Cc1cn(S(=O)(=O)c2cccc(S(C)(=O)=O)c2)c(-c2cccnc2F)c1F)C(=O)O. The van der Waals surface area contributed by atoms with Crippen molar-refractivity contribution in [2.45, 2.75) is 37.1 Å². The second kappa shape index (κ2) is 9.62. The molecule has 0 saturated carbocycles. The van der Waals surface area contributed by atoms with Crippen LogP contribution in [-0.2, 0) is 26.4 Å². The number of aromatic nitrogens is 2. The number of pyridine rings is 1. The van der Waals surface area contributed by atoms with E-state index in [0.29, 0.717) is 3.97 Å². The first kappa shape index (κ1) is 27.3. The van der Waals surface area contributed by atoms with Crippen LogP contribution in [0.2, 0.25) is 0 Å². The van der Waals surface area contributed by atoms with Gasteiger partial charge in [0.1, 0.15) is 5.69 Å². The van der Waals surface area contributed by atoms with Gasteiger partial charge in [-0.05, 0) is 35.7 Å². The third-order valence-corrected chi connectivity index (χ3v) is 7.85. The summed E-state index contributed by atoms with van der Waals surface area (Å²) in [4.78, 5) is 15.4. The van der Waals surface area contributed by atoms with Gasteiger partial charge in [0, 0.05) is 30.8 Å². The number of benzene rings is 1. The van der Waals surface area contributed by atoms with Crippen LogP contribution in [0.5, 0.6) is 0 Å². The summed E-state index contributed by atoms with van der Waals surface area (Å²) in [5.41, 5.74) is -1.97. The second-order valence-electron chi connectivity index (χ2n) is 9.41. The van der Waals surface area contributed by atoms with Crippen LogP contribution in [-0.4, -0.2) is 54.7 Å². The van der Waals surface area contributed by atoms with E-state index in [1.54, 1.807) is 20.8 Å². The molecule has 36 heavy (non-hydrogen) atoms. The molecule has 2 aromatic heterocycles. The number of hydrogen-bond donors (Lipinski definition) is 1. The summed E-state index contributed by atoms with van der Waals surface area (Å²) in [6.07, 6.45) is 1.52. The zero-order valence-electron chi connectivity index (χ0n) is 19.9. The van der Waals surface area contributed by atoms with Crippen molar-refractivity contribution in [3.63, 3.8) is 0 Å². The van der Waals surface area contributed by atoms with Gasteiger partial charge in [0.15, 0.2) is 15.7 Å². The van der Waals surface area contributed by atoms with Crippen LogP contribution in [0.1, 0.15) is 26.3 Å². The average Bonchev–Trinajstić information content (AvgIpc) is 3.09.